The Morgan fingerprint density at radius 2 is 1.86 bits per heavy atom. The van der Waals surface area contributed by atoms with Gasteiger partial charge in [0.15, 0.2) is 0 Å². The number of hydrogen-bond donors (Lipinski definition) is 0. The molecule has 0 aromatic heterocycles. The molecule has 84 valence electrons. The summed E-state index contributed by atoms with van der Waals surface area (Å²) >= 11 is 0. The molecule has 2 nitrogen and oxygen atoms in total. The van der Waals surface area contributed by atoms with Gasteiger partial charge in [-0.05, 0) is 27.3 Å². The molecular formula is C9H18F2O2Si. The van der Waals surface area contributed by atoms with Crippen LogP contribution < -0.4 is 0 Å². The summed E-state index contributed by atoms with van der Waals surface area (Å²) in [6.45, 7) is 7.59. The molecule has 0 aromatic rings. The Bertz CT molecular complexity index is 206. The predicted octanol–water partition coefficient (Wildman–Crippen LogP) is 2.98. The molecule has 1 atom stereocenters. The van der Waals surface area contributed by atoms with Crippen LogP contribution in [0.3, 0.4) is 0 Å². The molecule has 0 saturated carbocycles. The van der Waals surface area contributed by atoms with Gasteiger partial charge in [0.1, 0.15) is 5.60 Å². The fourth-order valence-corrected chi connectivity index (χ4v) is 2.27. The summed E-state index contributed by atoms with van der Waals surface area (Å²) in [5, 5.41) is 0. The molecule has 0 aliphatic heterocycles. The molecule has 0 fully saturated rings. The molecule has 0 aliphatic rings. The monoisotopic (exact) mass is 224 g/mol. The van der Waals surface area contributed by atoms with Gasteiger partial charge in [0.2, 0.25) is 0 Å². The lowest BCUT2D eigenvalue weighted by Crippen LogP contribution is -2.31. The van der Waals surface area contributed by atoms with Crippen LogP contribution in [0.5, 0.6) is 0 Å². The van der Waals surface area contributed by atoms with Crippen LogP contribution in [-0.4, -0.2) is 20.3 Å². The van der Waals surface area contributed by atoms with Crippen LogP contribution in [0.25, 0.3) is 0 Å². The van der Waals surface area contributed by atoms with Gasteiger partial charge in [0.25, 0.3) is 0 Å². The first-order valence-corrected chi connectivity index (χ1v) is 7.08. The first kappa shape index (κ1) is 13.5. The topological polar surface area (TPSA) is 26.3 Å². The third kappa shape index (κ3) is 7.00. The summed E-state index contributed by atoms with van der Waals surface area (Å²) in [5.41, 5.74) is -0.601. The number of carbonyl (C=O) groups is 1. The van der Waals surface area contributed by atoms with Crippen molar-refractivity contribution >= 4 is 14.7 Å². The second-order valence-corrected chi connectivity index (χ2v) is 7.26. The van der Waals surface area contributed by atoms with Gasteiger partial charge in [0.05, 0.1) is 5.92 Å². The zero-order chi connectivity index (χ0) is 11.6. The van der Waals surface area contributed by atoms with Gasteiger partial charge in [-0.25, -0.2) is 0 Å². The van der Waals surface area contributed by atoms with Gasteiger partial charge in [-0.1, -0.05) is 6.92 Å². The molecule has 0 bridgehead atoms. The van der Waals surface area contributed by atoms with E-state index >= 15 is 0 Å². The molecular weight excluding hydrogens is 206 g/mol. The maximum absolute atomic E-state index is 12.7. The van der Waals surface area contributed by atoms with Gasteiger partial charge >= 0.3 is 14.7 Å². The van der Waals surface area contributed by atoms with Crippen molar-refractivity contribution in [1.29, 1.82) is 0 Å². The highest BCUT2D eigenvalue weighted by atomic mass is 28.4. The molecule has 0 aromatic carbocycles. The molecule has 5 heteroatoms. The standard InChI is InChI=1S/C9H18F2O2Si/c1-7(6-14(5,10)11)8(12)13-9(2,3)4/h7H,6H2,1-5H3. The van der Waals surface area contributed by atoms with E-state index in [1.54, 1.807) is 20.8 Å². The Balaban J connectivity index is 4.15. The number of esters is 1. The maximum Gasteiger partial charge on any atom is 0.422 e. The maximum atomic E-state index is 12.7. The van der Waals surface area contributed by atoms with Crippen LogP contribution in [0.15, 0.2) is 0 Å². The van der Waals surface area contributed by atoms with Crippen molar-refractivity contribution in [3.8, 4) is 0 Å². The summed E-state index contributed by atoms with van der Waals surface area (Å²) in [6.07, 6.45) is 0. The van der Waals surface area contributed by atoms with Crippen molar-refractivity contribution in [3.63, 3.8) is 0 Å². The fourth-order valence-electron chi connectivity index (χ4n) is 1.02. The summed E-state index contributed by atoms with van der Waals surface area (Å²) in [5.74, 6) is -1.24. The van der Waals surface area contributed by atoms with E-state index in [0.29, 0.717) is 0 Å². The van der Waals surface area contributed by atoms with Crippen LogP contribution in [0, 0.1) is 5.92 Å². The van der Waals surface area contributed by atoms with Gasteiger partial charge in [-0.3, -0.25) is 13.0 Å². The van der Waals surface area contributed by atoms with Crippen LogP contribution in [0.1, 0.15) is 27.7 Å². The number of ether oxygens (including phenoxy) is 1. The fraction of sp³-hybridized carbons (Fsp3) is 0.889. The average molecular weight is 224 g/mol. The van der Waals surface area contributed by atoms with Crippen LogP contribution in [-0.2, 0) is 9.53 Å². The second kappa shape index (κ2) is 4.38. The Labute approximate surface area is 85.0 Å². The lowest BCUT2D eigenvalue weighted by molar-refractivity contribution is -0.158. The van der Waals surface area contributed by atoms with Gasteiger partial charge in [-0.15, -0.1) is 0 Å². The largest absolute Gasteiger partial charge is 0.460 e. The van der Waals surface area contributed by atoms with E-state index in [1.807, 2.05) is 0 Å². The summed E-state index contributed by atoms with van der Waals surface area (Å²) in [4.78, 5) is 11.3. The third-order valence-corrected chi connectivity index (χ3v) is 2.80. The number of rotatable bonds is 3. The molecule has 0 amide bonds. The van der Waals surface area contributed by atoms with Crippen molar-refractivity contribution in [2.45, 2.75) is 45.9 Å². The molecule has 0 radical (unpaired) electrons. The smallest absolute Gasteiger partial charge is 0.422 e. The van der Waals surface area contributed by atoms with Crippen molar-refractivity contribution in [1.82, 2.24) is 0 Å². The first-order valence-electron chi connectivity index (χ1n) is 4.62. The number of carbonyl (C=O) groups excluding carboxylic acids is 1. The van der Waals surface area contributed by atoms with E-state index in [1.165, 1.54) is 6.92 Å². The summed E-state index contributed by atoms with van der Waals surface area (Å²) < 4.78 is 30.4. The highest BCUT2D eigenvalue weighted by molar-refractivity contribution is 6.64. The van der Waals surface area contributed by atoms with E-state index in [0.717, 1.165) is 6.55 Å². The molecule has 0 spiro atoms. The molecule has 0 N–H and O–H groups in total. The molecule has 0 rings (SSSR count). The van der Waals surface area contributed by atoms with Crippen molar-refractivity contribution in [3.05, 3.63) is 0 Å². The lowest BCUT2D eigenvalue weighted by atomic mass is 10.1. The van der Waals surface area contributed by atoms with Crippen molar-refractivity contribution < 1.29 is 17.7 Å². The van der Waals surface area contributed by atoms with E-state index in [4.69, 9.17) is 4.74 Å². The Hall–Kier alpha value is -0.453. The molecule has 0 saturated heterocycles. The zero-order valence-electron chi connectivity index (χ0n) is 9.36. The zero-order valence-corrected chi connectivity index (χ0v) is 10.4. The van der Waals surface area contributed by atoms with Gasteiger partial charge in [0, 0.05) is 6.04 Å². The number of hydrogen-bond acceptors (Lipinski definition) is 2. The highest BCUT2D eigenvalue weighted by Crippen LogP contribution is 2.22. The Morgan fingerprint density at radius 3 is 2.14 bits per heavy atom. The molecule has 1 unspecified atom stereocenters. The minimum Gasteiger partial charge on any atom is -0.460 e. The number of halogens is 2. The Morgan fingerprint density at radius 1 is 1.43 bits per heavy atom. The van der Waals surface area contributed by atoms with Crippen LogP contribution in [0.2, 0.25) is 12.6 Å². The normalized spacial score (nSPS) is 15.1. The summed E-state index contributed by atoms with van der Waals surface area (Å²) in [6, 6.07) is -0.331. The van der Waals surface area contributed by atoms with Crippen LogP contribution >= 0.6 is 0 Å². The molecule has 0 aliphatic carbocycles. The lowest BCUT2D eigenvalue weighted by Gasteiger charge is -2.22. The molecule has 14 heavy (non-hydrogen) atoms. The van der Waals surface area contributed by atoms with E-state index in [-0.39, 0.29) is 6.04 Å². The summed E-state index contributed by atoms with van der Waals surface area (Å²) in [7, 11) is -4.16. The van der Waals surface area contributed by atoms with E-state index in [9.17, 15) is 13.0 Å². The highest BCUT2D eigenvalue weighted by Gasteiger charge is 2.34. The van der Waals surface area contributed by atoms with Crippen molar-refractivity contribution in [2.75, 3.05) is 0 Å². The Kier molecular flexibility index (Phi) is 4.24. The van der Waals surface area contributed by atoms with Gasteiger partial charge < -0.3 is 4.74 Å². The predicted molar refractivity (Wildman–Crippen MR) is 53.7 cm³/mol. The quantitative estimate of drug-likeness (QED) is 0.418. The first-order chi connectivity index (χ1) is 6.01. The van der Waals surface area contributed by atoms with E-state index < -0.39 is 26.2 Å². The van der Waals surface area contributed by atoms with Gasteiger partial charge in [-0.2, -0.15) is 0 Å². The average Bonchev–Trinajstić information content (AvgIpc) is 1.78. The minimum atomic E-state index is -4.16. The minimum absolute atomic E-state index is 0.331. The molecule has 0 heterocycles. The third-order valence-electron chi connectivity index (χ3n) is 1.47. The second-order valence-electron chi connectivity index (χ2n) is 4.71. The van der Waals surface area contributed by atoms with E-state index in [2.05, 4.69) is 0 Å². The SMILES string of the molecule is CC(C[Si](C)(F)F)C(=O)OC(C)(C)C. The van der Waals surface area contributed by atoms with Crippen molar-refractivity contribution in [2.24, 2.45) is 5.92 Å². The van der Waals surface area contributed by atoms with Crippen LogP contribution in [0.4, 0.5) is 8.22 Å².